The molecule has 3 N–H and O–H groups in total. The lowest BCUT2D eigenvalue weighted by Gasteiger charge is -2.19. The van der Waals surface area contributed by atoms with E-state index in [0.29, 0.717) is 18.7 Å². The molecule has 0 atom stereocenters. The van der Waals surface area contributed by atoms with Gasteiger partial charge in [0.05, 0.1) is 0 Å². The molecule has 0 aliphatic carbocycles. The number of rotatable bonds is 6. The lowest BCUT2D eigenvalue weighted by molar-refractivity contribution is -0.121. The Kier molecular flexibility index (Phi) is 7.23. The zero-order valence-corrected chi connectivity index (χ0v) is 14.6. The van der Waals surface area contributed by atoms with Crippen LogP contribution in [-0.2, 0) is 20.9 Å². The van der Waals surface area contributed by atoms with E-state index in [1.54, 1.807) is 45.9 Å². The summed E-state index contributed by atoms with van der Waals surface area (Å²) in [6, 6.07) is 7.13. The van der Waals surface area contributed by atoms with Gasteiger partial charge in [-0.2, -0.15) is 0 Å². The van der Waals surface area contributed by atoms with Crippen LogP contribution in [0.3, 0.4) is 0 Å². The van der Waals surface area contributed by atoms with E-state index in [9.17, 15) is 14.4 Å². The number of hydrogen-bond donors (Lipinski definition) is 3. The number of carbonyl (C=O) groups is 3. The van der Waals surface area contributed by atoms with Gasteiger partial charge in [-0.1, -0.05) is 19.1 Å². The van der Waals surface area contributed by atoms with Gasteiger partial charge < -0.3 is 20.7 Å². The van der Waals surface area contributed by atoms with Gasteiger partial charge in [-0.05, 0) is 38.5 Å². The maximum atomic E-state index is 11.9. The molecule has 1 aromatic carbocycles. The maximum Gasteiger partial charge on any atom is 0.408 e. The second-order valence-corrected chi connectivity index (χ2v) is 6.23. The molecule has 0 aromatic heterocycles. The monoisotopic (exact) mass is 335 g/mol. The Morgan fingerprint density at radius 3 is 2.42 bits per heavy atom. The Morgan fingerprint density at radius 1 is 1.08 bits per heavy atom. The number of hydrogen-bond acceptors (Lipinski definition) is 4. The van der Waals surface area contributed by atoms with Gasteiger partial charge in [-0.25, -0.2) is 4.79 Å². The summed E-state index contributed by atoms with van der Waals surface area (Å²) >= 11 is 0. The number of alkyl carbamates (subject to hydrolysis) is 1. The number of nitrogens with one attached hydrogen (secondary N) is 3. The minimum absolute atomic E-state index is 0.0361. The minimum atomic E-state index is -0.645. The zero-order chi connectivity index (χ0) is 18.2. The third kappa shape index (κ3) is 8.17. The predicted octanol–water partition coefficient (Wildman–Crippen LogP) is 2.18. The molecule has 7 heteroatoms. The summed E-state index contributed by atoms with van der Waals surface area (Å²) in [5, 5.41) is 7.84. The van der Waals surface area contributed by atoms with Crippen molar-refractivity contribution in [1.82, 2.24) is 10.6 Å². The fraction of sp³-hybridized carbons (Fsp3) is 0.471. The zero-order valence-electron chi connectivity index (χ0n) is 14.6. The van der Waals surface area contributed by atoms with Crippen LogP contribution in [0.2, 0.25) is 0 Å². The number of ether oxygens (including phenoxy) is 1. The molecule has 1 aromatic rings. The summed E-state index contributed by atoms with van der Waals surface area (Å²) in [6.07, 6.45) is -0.221. The molecular formula is C17H25N3O4. The Labute approximate surface area is 142 Å². The molecule has 0 fully saturated rings. The fourth-order valence-electron chi connectivity index (χ4n) is 1.76. The van der Waals surface area contributed by atoms with Gasteiger partial charge in [0, 0.05) is 18.7 Å². The standard InChI is InChI=1S/C17H25N3O4/c1-5-14(21)18-10-12-7-6-8-13(9-12)20-15(22)11-19-16(23)24-17(2,3)4/h6-9H,5,10-11H2,1-4H3,(H,18,21)(H,19,23)(H,20,22). The molecule has 0 saturated heterocycles. The molecule has 0 aliphatic heterocycles. The first kappa shape index (κ1) is 19.5. The summed E-state index contributed by atoms with van der Waals surface area (Å²) in [5.41, 5.74) is 0.849. The molecule has 0 spiro atoms. The van der Waals surface area contributed by atoms with E-state index in [1.807, 2.05) is 6.07 Å². The highest BCUT2D eigenvalue weighted by atomic mass is 16.6. The van der Waals surface area contributed by atoms with Crippen molar-refractivity contribution in [3.8, 4) is 0 Å². The fourth-order valence-corrected chi connectivity index (χ4v) is 1.76. The third-order valence-corrected chi connectivity index (χ3v) is 2.81. The van der Waals surface area contributed by atoms with Crippen molar-refractivity contribution in [2.45, 2.75) is 46.3 Å². The van der Waals surface area contributed by atoms with Crippen molar-refractivity contribution >= 4 is 23.6 Å². The molecule has 0 aliphatic rings. The summed E-state index contributed by atoms with van der Waals surface area (Å²) in [7, 11) is 0. The first-order valence-corrected chi connectivity index (χ1v) is 7.82. The van der Waals surface area contributed by atoms with Crippen molar-refractivity contribution in [3.05, 3.63) is 29.8 Å². The predicted molar refractivity (Wildman–Crippen MR) is 91.4 cm³/mol. The second-order valence-electron chi connectivity index (χ2n) is 6.23. The van der Waals surface area contributed by atoms with Gasteiger partial charge >= 0.3 is 6.09 Å². The average molecular weight is 335 g/mol. The smallest absolute Gasteiger partial charge is 0.408 e. The van der Waals surface area contributed by atoms with Crippen molar-refractivity contribution in [3.63, 3.8) is 0 Å². The number of anilines is 1. The number of amides is 3. The van der Waals surface area contributed by atoms with Crippen molar-refractivity contribution < 1.29 is 19.1 Å². The van der Waals surface area contributed by atoms with Crippen LogP contribution in [0.5, 0.6) is 0 Å². The van der Waals surface area contributed by atoms with Crippen LogP contribution in [0, 0.1) is 0 Å². The van der Waals surface area contributed by atoms with Crippen molar-refractivity contribution in [1.29, 1.82) is 0 Å². The van der Waals surface area contributed by atoms with E-state index in [2.05, 4.69) is 16.0 Å². The van der Waals surface area contributed by atoms with Gasteiger partial charge in [0.2, 0.25) is 11.8 Å². The molecule has 24 heavy (non-hydrogen) atoms. The molecule has 132 valence electrons. The van der Waals surface area contributed by atoms with Crippen LogP contribution in [0.4, 0.5) is 10.5 Å². The topological polar surface area (TPSA) is 96.5 Å². The van der Waals surface area contributed by atoms with E-state index >= 15 is 0 Å². The summed E-state index contributed by atoms with van der Waals surface area (Å²) < 4.78 is 5.05. The van der Waals surface area contributed by atoms with Crippen molar-refractivity contribution in [2.75, 3.05) is 11.9 Å². The van der Waals surface area contributed by atoms with Gasteiger partial charge in [-0.15, -0.1) is 0 Å². The van der Waals surface area contributed by atoms with E-state index in [1.165, 1.54) is 0 Å². The molecule has 0 radical (unpaired) electrons. The minimum Gasteiger partial charge on any atom is -0.444 e. The molecule has 7 nitrogen and oxygen atoms in total. The van der Waals surface area contributed by atoms with E-state index in [-0.39, 0.29) is 18.4 Å². The Bertz CT molecular complexity index is 594. The van der Waals surface area contributed by atoms with Crippen LogP contribution in [-0.4, -0.2) is 30.1 Å². The van der Waals surface area contributed by atoms with E-state index in [0.717, 1.165) is 5.56 Å². The largest absolute Gasteiger partial charge is 0.444 e. The average Bonchev–Trinajstić information content (AvgIpc) is 2.49. The van der Waals surface area contributed by atoms with E-state index in [4.69, 9.17) is 4.74 Å². The van der Waals surface area contributed by atoms with Crippen LogP contribution in [0.25, 0.3) is 0 Å². The molecule has 0 unspecified atom stereocenters. The van der Waals surface area contributed by atoms with Crippen LogP contribution >= 0.6 is 0 Å². The first-order chi connectivity index (χ1) is 11.2. The van der Waals surface area contributed by atoms with Gasteiger partial charge in [0.25, 0.3) is 0 Å². The van der Waals surface area contributed by atoms with Gasteiger partial charge in [-0.3, -0.25) is 9.59 Å². The van der Waals surface area contributed by atoms with E-state index < -0.39 is 11.7 Å². The lowest BCUT2D eigenvalue weighted by atomic mass is 10.2. The normalized spacial score (nSPS) is 10.7. The van der Waals surface area contributed by atoms with Crippen LogP contribution in [0.1, 0.15) is 39.7 Å². The second kappa shape index (κ2) is 8.90. The molecular weight excluding hydrogens is 310 g/mol. The highest BCUT2D eigenvalue weighted by Gasteiger charge is 2.16. The molecule has 0 saturated carbocycles. The highest BCUT2D eigenvalue weighted by Crippen LogP contribution is 2.10. The summed E-state index contributed by atoms with van der Waals surface area (Å²) in [5.74, 6) is -0.401. The van der Waals surface area contributed by atoms with Gasteiger partial charge in [0.1, 0.15) is 12.1 Å². The Hall–Kier alpha value is -2.57. The van der Waals surface area contributed by atoms with Crippen LogP contribution < -0.4 is 16.0 Å². The van der Waals surface area contributed by atoms with Crippen molar-refractivity contribution in [2.24, 2.45) is 0 Å². The first-order valence-electron chi connectivity index (χ1n) is 7.82. The summed E-state index contributed by atoms with van der Waals surface area (Å²) in [4.78, 5) is 34.6. The van der Waals surface area contributed by atoms with Gasteiger partial charge in [0.15, 0.2) is 0 Å². The lowest BCUT2D eigenvalue weighted by Crippen LogP contribution is -2.37. The van der Waals surface area contributed by atoms with Crippen LogP contribution in [0.15, 0.2) is 24.3 Å². The molecule has 0 bridgehead atoms. The molecule has 1 rings (SSSR count). The number of benzene rings is 1. The number of carbonyl (C=O) groups excluding carboxylic acids is 3. The maximum absolute atomic E-state index is 11.9. The Balaban J connectivity index is 2.46. The summed E-state index contributed by atoms with van der Waals surface area (Å²) in [6.45, 7) is 7.22. The molecule has 0 heterocycles. The molecule has 3 amide bonds. The Morgan fingerprint density at radius 2 is 1.79 bits per heavy atom. The quantitative estimate of drug-likeness (QED) is 0.742. The highest BCUT2D eigenvalue weighted by molar-refractivity contribution is 5.93. The third-order valence-electron chi connectivity index (χ3n) is 2.81. The SMILES string of the molecule is CCC(=O)NCc1cccc(NC(=O)CNC(=O)OC(C)(C)C)c1.